The van der Waals surface area contributed by atoms with Crippen LogP contribution < -0.4 is 4.74 Å². The number of carboxylic acids is 1. The van der Waals surface area contributed by atoms with E-state index in [9.17, 15) is 28.2 Å². The molecular weight excluding hydrogens is 553 g/mol. The molecule has 0 aliphatic carbocycles. The highest BCUT2D eigenvalue weighted by molar-refractivity contribution is 7.99. The lowest BCUT2D eigenvalue weighted by molar-refractivity contribution is -0.139. The van der Waals surface area contributed by atoms with E-state index in [1.807, 2.05) is 0 Å². The number of aliphatic hydroxyl groups excluding tert-OH is 1. The number of hydrogen-bond donors (Lipinski definition) is 2. The summed E-state index contributed by atoms with van der Waals surface area (Å²) in [7, 11) is 1.56. The molecule has 210 valence electrons. The van der Waals surface area contributed by atoms with Crippen molar-refractivity contribution < 1.29 is 32.9 Å². The molecule has 6 nitrogen and oxygen atoms in total. The topological polar surface area (TPSA) is 82.9 Å². The smallest absolute Gasteiger partial charge is 0.303 e. The third kappa shape index (κ3) is 7.36. The first-order valence-electron chi connectivity index (χ1n) is 12.7. The zero-order valence-electron chi connectivity index (χ0n) is 21.4. The van der Waals surface area contributed by atoms with Gasteiger partial charge in [0.15, 0.2) is 11.6 Å². The molecule has 1 aromatic heterocycles. The fraction of sp³-hybridized carbons (Fsp3) is 0.429. The lowest BCUT2D eigenvalue weighted by atomic mass is 9.79. The normalized spacial score (nSPS) is 18.8. The minimum Gasteiger partial charge on any atom is -0.497 e. The Kier molecular flexibility index (Phi) is 9.98. The van der Waals surface area contributed by atoms with Crippen LogP contribution in [0, 0.1) is 29.3 Å². The lowest BCUT2D eigenvalue weighted by Crippen LogP contribution is -2.42. The third-order valence-corrected chi connectivity index (χ3v) is 8.55. The summed E-state index contributed by atoms with van der Waals surface area (Å²) in [6.07, 6.45) is 2.39. The van der Waals surface area contributed by atoms with Crippen LogP contribution in [0.15, 0.2) is 41.4 Å². The molecule has 4 rings (SSSR count). The van der Waals surface area contributed by atoms with Crippen LogP contribution in [0.1, 0.15) is 37.4 Å². The van der Waals surface area contributed by atoms with E-state index in [-0.39, 0.29) is 23.2 Å². The van der Waals surface area contributed by atoms with E-state index in [2.05, 4.69) is 9.88 Å². The zero-order chi connectivity index (χ0) is 28.1. The molecule has 1 saturated heterocycles. The number of thioether (sulfide) groups is 1. The third-order valence-electron chi connectivity index (χ3n) is 7.25. The van der Waals surface area contributed by atoms with Gasteiger partial charge in [0.1, 0.15) is 11.6 Å². The number of hydrogen-bond acceptors (Lipinski definition) is 6. The van der Waals surface area contributed by atoms with E-state index in [0.29, 0.717) is 71.5 Å². The monoisotopic (exact) mass is 582 g/mol. The summed E-state index contributed by atoms with van der Waals surface area (Å²) in [6.45, 7) is 1.76. The highest BCUT2D eigenvalue weighted by Gasteiger charge is 2.31. The van der Waals surface area contributed by atoms with Crippen molar-refractivity contribution in [2.24, 2.45) is 11.8 Å². The summed E-state index contributed by atoms with van der Waals surface area (Å²) in [5.41, 5.74) is 1.26. The molecule has 2 heterocycles. The number of methoxy groups -OCH3 is 1. The predicted octanol–water partition coefficient (Wildman–Crippen LogP) is 6.33. The Labute approximate surface area is 234 Å². The number of nitrogens with zero attached hydrogens (tertiary/aromatic N) is 2. The van der Waals surface area contributed by atoms with Crippen molar-refractivity contribution in [3.05, 3.63) is 64.6 Å². The lowest BCUT2D eigenvalue weighted by Gasteiger charge is -2.38. The Morgan fingerprint density at radius 2 is 2.05 bits per heavy atom. The molecule has 0 spiro atoms. The Balaban J connectivity index is 1.38. The second-order valence-corrected chi connectivity index (χ2v) is 11.3. The summed E-state index contributed by atoms with van der Waals surface area (Å²) in [5.74, 6) is -3.05. The van der Waals surface area contributed by atoms with Crippen LogP contribution >= 0.6 is 23.4 Å². The molecule has 3 unspecified atom stereocenters. The first kappa shape index (κ1) is 29.5. The molecule has 2 aromatic carbocycles. The summed E-state index contributed by atoms with van der Waals surface area (Å²) < 4.78 is 46.2. The number of likely N-dealkylation sites (tertiary alicyclic amines) is 1. The minimum atomic E-state index is -1.22. The quantitative estimate of drug-likeness (QED) is 0.202. The highest BCUT2D eigenvalue weighted by Crippen LogP contribution is 2.37. The van der Waals surface area contributed by atoms with Crippen molar-refractivity contribution in [2.75, 3.05) is 32.5 Å². The number of aromatic nitrogens is 1. The first-order valence-corrected chi connectivity index (χ1v) is 14.0. The Morgan fingerprint density at radius 1 is 1.26 bits per heavy atom. The van der Waals surface area contributed by atoms with Crippen LogP contribution in [0.2, 0.25) is 5.02 Å². The maximum atomic E-state index is 13.9. The van der Waals surface area contributed by atoms with E-state index in [4.69, 9.17) is 16.3 Å². The van der Waals surface area contributed by atoms with E-state index in [1.54, 1.807) is 25.3 Å². The van der Waals surface area contributed by atoms with Gasteiger partial charge >= 0.3 is 5.97 Å². The van der Waals surface area contributed by atoms with Crippen molar-refractivity contribution in [3.63, 3.8) is 0 Å². The number of ether oxygens (including phenoxy) is 1. The molecule has 11 heteroatoms. The number of pyridine rings is 1. The van der Waals surface area contributed by atoms with Gasteiger partial charge in [-0.25, -0.2) is 13.2 Å². The van der Waals surface area contributed by atoms with Gasteiger partial charge in [0, 0.05) is 53.4 Å². The predicted molar refractivity (Wildman–Crippen MR) is 145 cm³/mol. The van der Waals surface area contributed by atoms with E-state index in [1.165, 1.54) is 6.20 Å². The van der Waals surface area contributed by atoms with E-state index < -0.39 is 29.5 Å². The van der Waals surface area contributed by atoms with E-state index in [0.717, 1.165) is 24.2 Å². The number of fused-ring (bicyclic) bond motifs is 1. The van der Waals surface area contributed by atoms with Gasteiger partial charge in [0.05, 0.1) is 23.8 Å². The van der Waals surface area contributed by atoms with Gasteiger partial charge < -0.3 is 19.8 Å². The average Bonchev–Trinajstić information content (AvgIpc) is 2.90. The SMILES string of the molecule is COc1ccc2ncc(Cl)c(C(O)CCC3CCN(CCSc4cc(F)cc(F)c4F)CC3CC(=O)O)c2c1. The van der Waals surface area contributed by atoms with Crippen LogP contribution in [0.5, 0.6) is 5.75 Å². The van der Waals surface area contributed by atoms with Gasteiger partial charge in [-0.2, -0.15) is 0 Å². The molecule has 0 amide bonds. The summed E-state index contributed by atoms with van der Waals surface area (Å²) in [4.78, 5) is 18.0. The number of halogens is 4. The van der Waals surface area contributed by atoms with Crippen molar-refractivity contribution in [1.29, 1.82) is 0 Å². The van der Waals surface area contributed by atoms with Crippen molar-refractivity contribution in [3.8, 4) is 5.75 Å². The maximum Gasteiger partial charge on any atom is 0.303 e. The molecule has 39 heavy (non-hydrogen) atoms. The highest BCUT2D eigenvalue weighted by atomic mass is 35.5. The Morgan fingerprint density at radius 3 is 2.79 bits per heavy atom. The number of carboxylic acid groups (broad SMARTS) is 1. The average molecular weight is 583 g/mol. The van der Waals surface area contributed by atoms with Crippen molar-refractivity contribution in [1.82, 2.24) is 9.88 Å². The number of aliphatic hydroxyl groups is 1. The molecule has 3 atom stereocenters. The molecule has 0 saturated carbocycles. The second kappa shape index (κ2) is 13.2. The number of piperidine rings is 1. The zero-order valence-corrected chi connectivity index (χ0v) is 23.0. The fourth-order valence-corrected chi connectivity index (χ4v) is 6.53. The molecule has 0 bridgehead atoms. The first-order chi connectivity index (χ1) is 18.7. The molecule has 1 aliphatic heterocycles. The van der Waals surface area contributed by atoms with Crippen LogP contribution in [0.3, 0.4) is 0 Å². The molecule has 0 radical (unpaired) electrons. The molecule has 1 fully saturated rings. The molecule has 1 aliphatic rings. The van der Waals surface area contributed by atoms with Gasteiger partial charge in [0.25, 0.3) is 0 Å². The second-order valence-electron chi connectivity index (χ2n) is 9.75. The van der Waals surface area contributed by atoms with Gasteiger partial charge in [-0.1, -0.05) is 11.6 Å². The Hall–Kier alpha value is -2.53. The van der Waals surface area contributed by atoms with Gasteiger partial charge in [0.2, 0.25) is 0 Å². The van der Waals surface area contributed by atoms with Crippen LogP contribution in [-0.4, -0.2) is 58.6 Å². The largest absolute Gasteiger partial charge is 0.497 e. The summed E-state index contributed by atoms with van der Waals surface area (Å²) in [5, 5.41) is 21.7. The summed E-state index contributed by atoms with van der Waals surface area (Å²) >= 11 is 7.47. The number of carbonyl (C=O) groups is 1. The van der Waals surface area contributed by atoms with Gasteiger partial charge in [-0.15, -0.1) is 11.8 Å². The molecule has 3 aromatic rings. The number of rotatable bonds is 11. The van der Waals surface area contributed by atoms with Crippen LogP contribution in [0.4, 0.5) is 13.2 Å². The molecular formula is C28H30ClF3N2O4S. The van der Waals surface area contributed by atoms with E-state index >= 15 is 0 Å². The maximum absolute atomic E-state index is 13.9. The van der Waals surface area contributed by atoms with Crippen molar-refractivity contribution in [2.45, 2.75) is 36.7 Å². The van der Waals surface area contributed by atoms with Gasteiger partial charge in [-0.05, 0) is 61.9 Å². The number of aliphatic carboxylic acids is 1. The minimum absolute atomic E-state index is 0.00964. The van der Waals surface area contributed by atoms with Crippen LogP contribution in [0.25, 0.3) is 10.9 Å². The van der Waals surface area contributed by atoms with Gasteiger partial charge in [-0.3, -0.25) is 9.78 Å². The fourth-order valence-electron chi connectivity index (χ4n) is 5.27. The Bertz CT molecular complexity index is 1330. The van der Waals surface area contributed by atoms with Crippen LogP contribution in [-0.2, 0) is 4.79 Å². The van der Waals surface area contributed by atoms with Crippen molar-refractivity contribution >= 4 is 40.2 Å². The standard InChI is InChI=1S/C28H30ClF3N2O4S/c1-38-19-3-4-23-20(13-19)27(21(29)14-33-23)24(35)5-2-16-6-7-34(15-17(16)10-26(36)37)8-9-39-25-12-18(30)11-22(31)28(25)32/h3-4,11-14,16-17,24,35H,2,5-10,15H2,1H3,(H,36,37). The summed E-state index contributed by atoms with van der Waals surface area (Å²) in [6, 6.07) is 6.87. The number of benzene rings is 2. The molecule has 2 N–H and O–H groups in total.